The van der Waals surface area contributed by atoms with Crippen molar-refractivity contribution in [1.29, 1.82) is 0 Å². The van der Waals surface area contributed by atoms with Crippen molar-refractivity contribution in [3.05, 3.63) is 59.4 Å². The van der Waals surface area contributed by atoms with Crippen LogP contribution in [0.3, 0.4) is 0 Å². The van der Waals surface area contributed by atoms with E-state index >= 15 is 0 Å². The van der Waals surface area contributed by atoms with Crippen LogP contribution in [0.15, 0.2) is 48.1 Å². The van der Waals surface area contributed by atoms with Gasteiger partial charge in [0, 0.05) is 24.2 Å². The fraction of sp³-hybridized carbons (Fsp3) is 0.294. The first kappa shape index (κ1) is 16.9. The molecule has 0 spiro atoms. The minimum Gasteiger partial charge on any atom is -0.275 e. The first-order chi connectivity index (χ1) is 11.5. The average molecular weight is 361 g/mol. The summed E-state index contributed by atoms with van der Waals surface area (Å²) in [5, 5.41) is 6.73. The highest BCUT2D eigenvalue weighted by Crippen LogP contribution is 2.24. The number of rotatable bonds is 7. The van der Waals surface area contributed by atoms with Gasteiger partial charge in [-0.15, -0.1) is 11.3 Å². The summed E-state index contributed by atoms with van der Waals surface area (Å²) < 4.78 is 26.3. The zero-order valence-corrected chi connectivity index (χ0v) is 15.1. The summed E-state index contributed by atoms with van der Waals surface area (Å²) in [6, 6.07) is 9.95. The second-order valence-electron chi connectivity index (χ2n) is 5.73. The molecule has 2 heterocycles. The van der Waals surface area contributed by atoms with Gasteiger partial charge < -0.3 is 0 Å². The van der Waals surface area contributed by atoms with E-state index in [-0.39, 0.29) is 11.5 Å². The number of aromatic nitrogens is 3. The van der Waals surface area contributed by atoms with Gasteiger partial charge in [-0.2, -0.15) is 5.10 Å². The molecule has 126 valence electrons. The predicted octanol–water partition coefficient (Wildman–Crippen LogP) is 3.09. The molecule has 0 unspecified atom stereocenters. The molecular weight excluding hydrogens is 342 g/mol. The highest BCUT2D eigenvalue weighted by atomic mass is 32.2. The van der Waals surface area contributed by atoms with Crippen molar-refractivity contribution in [2.45, 2.75) is 18.6 Å². The Labute approximate surface area is 145 Å². The molecule has 5 nitrogen and oxygen atoms in total. The molecular formula is C17H19N3O2S2. The number of thiazole rings is 1. The van der Waals surface area contributed by atoms with Crippen LogP contribution in [0.2, 0.25) is 0 Å². The third-order valence-electron chi connectivity index (χ3n) is 3.63. The Morgan fingerprint density at radius 2 is 2.00 bits per heavy atom. The first-order valence-electron chi connectivity index (χ1n) is 7.70. The number of hydrogen-bond donors (Lipinski definition) is 0. The molecule has 0 amide bonds. The van der Waals surface area contributed by atoms with E-state index in [1.54, 1.807) is 10.9 Å². The molecule has 0 aliphatic carbocycles. The molecule has 0 saturated heterocycles. The van der Waals surface area contributed by atoms with Crippen molar-refractivity contribution in [2.24, 2.45) is 7.05 Å². The van der Waals surface area contributed by atoms with Crippen LogP contribution in [0.5, 0.6) is 0 Å². The Hall–Kier alpha value is -1.99. The third kappa shape index (κ3) is 4.52. The molecule has 7 heteroatoms. The fourth-order valence-corrected chi connectivity index (χ4v) is 4.70. The molecule has 3 aromatic rings. The second-order valence-corrected chi connectivity index (χ2v) is 8.77. The van der Waals surface area contributed by atoms with Gasteiger partial charge in [-0.1, -0.05) is 30.3 Å². The lowest BCUT2D eigenvalue weighted by Crippen LogP contribution is -2.10. The van der Waals surface area contributed by atoms with Crippen LogP contribution in [0.25, 0.3) is 10.6 Å². The minimum absolute atomic E-state index is 0.00144. The zero-order chi connectivity index (χ0) is 17.0. The summed E-state index contributed by atoms with van der Waals surface area (Å²) in [5.74, 6) is 0.181. The Morgan fingerprint density at radius 1 is 1.21 bits per heavy atom. The highest BCUT2D eigenvalue weighted by molar-refractivity contribution is 7.90. The van der Waals surface area contributed by atoms with Crippen molar-refractivity contribution in [3.63, 3.8) is 0 Å². The number of sulfone groups is 1. The molecule has 0 aliphatic rings. The van der Waals surface area contributed by atoms with E-state index in [0.717, 1.165) is 17.0 Å². The molecule has 0 fully saturated rings. The van der Waals surface area contributed by atoms with E-state index in [0.29, 0.717) is 12.1 Å². The van der Waals surface area contributed by atoms with E-state index in [1.165, 1.54) is 16.9 Å². The Balaban J connectivity index is 1.57. The minimum atomic E-state index is -3.15. The Bertz CT molecular complexity index is 899. The molecule has 24 heavy (non-hydrogen) atoms. The SMILES string of the molecule is Cn1cc(-c2nc(CS(=O)(=O)CCCc3ccccc3)cs2)cn1. The summed E-state index contributed by atoms with van der Waals surface area (Å²) in [4.78, 5) is 4.43. The maximum Gasteiger partial charge on any atom is 0.156 e. The van der Waals surface area contributed by atoms with Crippen LogP contribution in [0, 0.1) is 0 Å². The lowest BCUT2D eigenvalue weighted by molar-refractivity contribution is 0.592. The van der Waals surface area contributed by atoms with Crippen LogP contribution in [0.1, 0.15) is 17.7 Å². The number of aryl methyl sites for hydroxylation is 2. The van der Waals surface area contributed by atoms with E-state index in [2.05, 4.69) is 10.1 Å². The molecule has 3 rings (SSSR count). The lowest BCUT2D eigenvalue weighted by Gasteiger charge is -2.03. The standard InChI is InChI=1S/C17H19N3O2S2/c1-20-11-15(10-18-20)17-19-16(12-23-17)13-24(21,22)9-5-8-14-6-3-2-4-7-14/h2-4,6-7,10-12H,5,8-9,13H2,1H3. The van der Waals surface area contributed by atoms with Crippen LogP contribution in [-0.4, -0.2) is 28.9 Å². The molecule has 0 bridgehead atoms. The van der Waals surface area contributed by atoms with Crippen molar-refractivity contribution in [1.82, 2.24) is 14.8 Å². The van der Waals surface area contributed by atoms with Crippen molar-refractivity contribution in [3.8, 4) is 10.6 Å². The predicted molar refractivity (Wildman–Crippen MR) is 96.6 cm³/mol. The summed E-state index contributed by atoms with van der Waals surface area (Å²) >= 11 is 1.45. The van der Waals surface area contributed by atoms with Gasteiger partial charge in [-0.3, -0.25) is 4.68 Å². The summed E-state index contributed by atoms with van der Waals surface area (Å²) in [6.45, 7) is 0. The van der Waals surface area contributed by atoms with E-state index in [9.17, 15) is 8.42 Å². The maximum absolute atomic E-state index is 12.3. The topological polar surface area (TPSA) is 64.8 Å². The average Bonchev–Trinajstić information content (AvgIpc) is 3.16. The summed E-state index contributed by atoms with van der Waals surface area (Å²) in [5.41, 5.74) is 2.69. The Morgan fingerprint density at radius 3 is 2.71 bits per heavy atom. The van der Waals surface area contributed by atoms with Crippen LogP contribution >= 0.6 is 11.3 Å². The zero-order valence-electron chi connectivity index (χ0n) is 13.4. The molecule has 0 atom stereocenters. The second kappa shape index (κ2) is 7.27. The first-order valence-corrected chi connectivity index (χ1v) is 10.4. The number of nitrogens with zero attached hydrogens (tertiary/aromatic N) is 3. The largest absolute Gasteiger partial charge is 0.275 e. The normalized spacial score (nSPS) is 11.7. The van der Waals surface area contributed by atoms with Crippen molar-refractivity contribution in [2.75, 3.05) is 5.75 Å². The smallest absolute Gasteiger partial charge is 0.156 e. The van der Waals surface area contributed by atoms with Gasteiger partial charge in [-0.25, -0.2) is 13.4 Å². The highest BCUT2D eigenvalue weighted by Gasteiger charge is 2.15. The van der Waals surface area contributed by atoms with Crippen molar-refractivity contribution < 1.29 is 8.42 Å². The third-order valence-corrected chi connectivity index (χ3v) is 6.22. The van der Waals surface area contributed by atoms with Gasteiger partial charge in [0.2, 0.25) is 0 Å². The maximum atomic E-state index is 12.3. The van der Waals surface area contributed by atoms with E-state index < -0.39 is 9.84 Å². The van der Waals surface area contributed by atoms with Gasteiger partial charge in [0.15, 0.2) is 9.84 Å². The molecule has 0 aliphatic heterocycles. The summed E-state index contributed by atoms with van der Waals surface area (Å²) in [6.07, 6.45) is 5.01. The van der Waals surface area contributed by atoms with Crippen LogP contribution in [-0.2, 0) is 29.1 Å². The van der Waals surface area contributed by atoms with Gasteiger partial charge >= 0.3 is 0 Å². The lowest BCUT2D eigenvalue weighted by atomic mass is 10.1. The van der Waals surface area contributed by atoms with Crippen LogP contribution < -0.4 is 0 Å². The number of hydrogen-bond acceptors (Lipinski definition) is 5. The van der Waals surface area contributed by atoms with Gasteiger partial charge in [0.05, 0.1) is 23.4 Å². The van der Waals surface area contributed by atoms with E-state index in [4.69, 9.17) is 0 Å². The van der Waals surface area contributed by atoms with Crippen LogP contribution in [0.4, 0.5) is 0 Å². The Kier molecular flexibility index (Phi) is 5.11. The molecule has 1 aromatic carbocycles. The van der Waals surface area contributed by atoms with Gasteiger partial charge in [-0.05, 0) is 18.4 Å². The molecule has 2 aromatic heterocycles. The quantitative estimate of drug-likeness (QED) is 0.649. The number of benzene rings is 1. The molecule has 0 radical (unpaired) electrons. The van der Waals surface area contributed by atoms with Gasteiger partial charge in [0.1, 0.15) is 5.01 Å². The van der Waals surface area contributed by atoms with Crippen molar-refractivity contribution >= 4 is 21.2 Å². The molecule has 0 N–H and O–H groups in total. The monoisotopic (exact) mass is 361 g/mol. The molecule has 0 saturated carbocycles. The van der Waals surface area contributed by atoms with E-state index in [1.807, 2.05) is 49.0 Å². The fourth-order valence-electron chi connectivity index (χ4n) is 2.48. The van der Waals surface area contributed by atoms with Gasteiger partial charge in [0.25, 0.3) is 0 Å². The summed E-state index contributed by atoms with van der Waals surface area (Å²) in [7, 11) is -1.30.